The van der Waals surface area contributed by atoms with E-state index in [0.29, 0.717) is 23.5 Å². The van der Waals surface area contributed by atoms with E-state index in [1.165, 1.54) is 14.0 Å². The second-order valence-electron chi connectivity index (χ2n) is 3.89. The number of anilines is 2. The number of carbonyl (C=O) groups excluding carboxylic acids is 2. The number of ether oxygens (including phenoxy) is 1. The molecule has 2 N–H and O–H groups in total. The molecule has 5 nitrogen and oxygen atoms in total. The fourth-order valence-corrected chi connectivity index (χ4v) is 1.53. The van der Waals surface area contributed by atoms with Crippen molar-refractivity contribution in [2.24, 2.45) is 0 Å². The largest absolute Gasteiger partial charge is 0.495 e. The number of rotatable bonds is 5. The smallest absolute Gasteiger partial charge is 0.224 e. The van der Waals surface area contributed by atoms with Gasteiger partial charge in [0, 0.05) is 19.0 Å². The minimum absolute atomic E-state index is 0.0734. The van der Waals surface area contributed by atoms with Gasteiger partial charge in [-0.25, -0.2) is 0 Å². The predicted octanol–water partition coefficient (Wildman–Crippen LogP) is 2.39. The van der Waals surface area contributed by atoms with Gasteiger partial charge in [-0.3, -0.25) is 9.59 Å². The van der Waals surface area contributed by atoms with E-state index < -0.39 is 0 Å². The summed E-state index contributed by atoms with van der Waals surface area (Å²) in [5.41, 5.74) is 1.18. The van der Waals surface area contributed by atoms with Crippen molar-refractivity contribution in [1.29, 1.82) is 0 Å². The molecular weight excluding hydrogens is 232 g/mol. The highest BCUT2D eigenvalue weighted by Gasteiger charge is 2.08. The van der Waals surface area contributed by atoms with Gasteiger partial charge in [-0.1, -0.05) is 6.92 Å². The highest BCUT2D eigenvalue weighted by Crippen LogP contribution is 2.28. The molecule has 0 atom stereocenters. The fourth-order valence-electron chi connectivity index (χ4n) is 1.53. The number of methoxy groups -OCH3 is 1. The summed E-state index contributed by atoms with van der Waals surface area (Å²) in [7, 11) is 1.53. The van der Waals surface area contributed by atoms with Crippen LogP contribution in [-0.4, -0.2) is 18.9 Å². The van der Waals surface area contributed by atoms with Gasteiger partial charge in [0.1, 0.15) is 5.75 Å². The summed E-state index contributed by atoms with van der Waals surface area (Å²) in [6, 6.07) is 5.09. The number of amides is 2. The van der Waals surface area contributed by atoms with Crippen LogP contribution in [0.5, 0.6) is 5.75 Å². The molecule has 1 aromatic rings. The average Bonchev–Trinajstić information content (AvgIpc) is 2.28. The molecule has 0 aliphatic heterocycles. The Kier molecular flexibility index (Phi) is 5.17. The molecule has 0 saturated heterocycles. The van der Waals surface area contributed by atoms with Gasteiger partial charge in [0.2, 0.25) is 11.8 Å². The summed E-state index contributed by atoms with van der Waals surface area (Å²) in [5.74, 6) is 0.329. The van der Waals surface area contributed by atoms with Crippen molar-refractivity contribution in [3.05, 3.63) is 18.2 Å². The Hall–Kier alpha value is -2.04. The van der Waals surface area contributed by atoms with Crippen molar-refractivity contribution in [2.45, 2.75) is 26.7 Å². The molecule has 0 unspecified atom stereocenters. The van der Waals surface area contributed by atoms with Crippen LogP contribution >= 0.6 is 0 Å². The van der Waals surface area contributed by atoms with Gasteiger partial charge in [0.15, 0.2) is 0 Å². The number of hydrogen-bond acceptors (Lipinski definition) is 3. The minimum Gasteiger partial charge on any atom is -0.495 e. The Morgan fingerprint density at radius 3 is 2.56 bits per heavy atom. The number of benzene rings is 1. The molecule has 0 fully saturated rings. The first-order valence-corrected chi connectivity index (χ1v) is 5.82. The molecule has 2 amide bonds. The van der Waals surface area contributed by atoms with Crippen molar-refractivity contribution in [2.75, 3.05) is 17.7 Å². The lowest BCUT2D eigenvalue weighted by atomic mass is 10.2. The van der Waals surface area contributed by atoms with Crippen LogP contribution in [0.3, 0.4) is 0 Å². The van der Waals surface area contributed by atoms with Gasteiger partial charge in [-0.05, 0) is 24.6 Å². The zero-order valence-electron chi connectivity index (χ0n) is 10.9. The Bertz CT molecular complexity index is 444. The lowest BCUT2D eigenvalue weighted by Gasteiger charge is -2.12. The summed E-state index contributed by atoms with van der Waals surface area (Å²) < 4.78 is 5.16. The third-order valence-corrected chi connectivity index (χ3v) is 2.27. The number of carbonyl (C=O) groups is 2. The first-order chi connectivity index (χ1) is 8.56. The van der Waals surface area contributed by atoms with Crippen molar-refractivity contribution in [3.63, 3.8) is 0 Å². The predicted molar refractivity (Wildman–Crippen MR) is 70.8 cm³/mol. The zero-order valence-corrected chi connectivity index (χ0v) is 10.9. The maximum atomic E-state index is 11.6. The van der Waals surface area contributed by atoms with E-state index in [1.54, 1.807) is 18.2 Å². The minimum atomic E-state index is -0.161. The third-order valence-electron chi connectivity index (χ3n) is 2.27. The van der Waals surface area contributed by atoms with Crippen LogP contribution in [0.4, 0.5) is 11.4 Å². The summed E-state index contributed by atoms with van der Waals surface area (Å²) >= 11 is 0. The molecule has 0 aromatic heterocycles. The van der Waals surface area contributed by atoms with Gasteiger partial charge >= 0.3 is 0 Å². The Labute approximate surface area is 107 Å². The summed E-state index contributed by atoms with van der Waals surface area (Å²) in [6.45, 7) is 3.37. The van der Waals surface area contributed by atoms with Crippen LogP contribution in [0.25, 0.3) is 0 Å². The Balaban J connectivity index is 2.91. The first kappa shape index (κ1) is 14.0. The molecule has 0 aliphatic rings. The zero-order chi connectivity index (χ0) is 13.5. The second kappa shape index (κ2) is 6.64. The molecule has 0 radical (unpaired) electrons. The average molecular weight is 250 g/mol. The van der Waals surface area contributed by atoms with Crippen LogP contribution in [0, 0.1) is 0 Å². The molecule has 98 valence electrons. The molecule has 0 heterocycles. The molecule has 0 bridgehead atoms. The van der Waals surface area contributed by atoms with Crippen LogP contribution in [0.2, 0.25) is 0 Å². The van der Waals surface area contributed by atoms with E-state index in [0.717, 1.165) is 6.42 Å². The summed E-state index contributed by atoms with van der Waals surface area (Å²) in [4.78, 5) is 22.5. The lowest BCUT2D eigenvalue weighted by Crippen LogP contribution is -2.12. The van der Waals surface area contributed by atoms with Crippen LogP contribution in [0.15, 0.2) is 18.2 Å². The molecule has 18 heavy (non-hydrogen) atoms. The molecule has 0 aliphatic carbocycles. The van der Waals surface area contributed by atoms with E-state index in [4.69, 9.17) is 4.74 Å². The Morgan fingerprint density at radius 2 is 2.00 bits per heavy atom. The highest BCUT2D eigenvalue weighted by molar-refractivity contribution is 5.94. The monoisotopic (exact) mass is 250 g/mol. The topological polar surface area (TPSA) is 67.4 Å². The van der Waals surface area contributed by atoms with Gasteiger partial charge in [0.05, 0.1) is 12.8 Å². The molecule has 1 aromatic carbocycles. The van der Waals surface area contributed by atoms with Crippen molar-refractivity contribution in [3.8, 4) is 5.75 Å². The van der Waals surface area contributed by atoms with Crippen LogP contribution in [0.1, 0.15) is 26.7 Å². The second-order valence-corrected chi connectivity index (χ2v) is 3.89. The van der Waals surface area contributed by atoms with E-state index in [1.807, 2.05) is 6.92 Å². The fraction of sp³-hybridized carbons (Fsp3) is 0.385. The van der Waals surface area contributed by atoms with Gasteiger partial charge in [0.25, 0.3) is 0 Å². The van der Waals surface area contributed by atoms with E-state index in [2.05, 4.69) is 10.6 Å². The molecule has 0 spiro atoms. The van der Waals surface area contributed by atoms with E-state index in [9.17, 15) is 9.59 Å². The van der Waals surface area contributed by atoms with Crippen molar-refractivity contribution in [1.82, 2.24) is 0 Å². The number of hydrogen-bond donors (Lipinski definition) is 2. The molecule has 5 heteroatoms. The maximum absolute atomic E-state index is 11.6. The lowest BCUT2D eigenvalue weighted by molar-refractivity contribution is -0.116. The van der Waals surface area contributed by atoms with Crippen LogP contribution < -0.4 is 15.4 Å². The van der Waals surface area contributed by atoms with E-state index >= 15 is 0 Å². The van der Waals surface area contributed by atoms with Gasteiger partial charge < -0.3 is 15.4 Å². The normalized spacial score (nSPS) is 9.72. The first-order valence-electron chi connectivity index (χ1n) is 5.82. The molecule has 1 rings (SSSR count). The van der Waals surface area contributed by atoms with Gasteiger partial charge in [-0.2, -0.15) is 0 Å². The highest BCUT2D eigenvalue weighted by atomic mass is 16.5. The standard InChI is InChI=1S/C13H18N2O3/c1-4-5-13(17)15-11-8-10(14-9(2)16)6-7-12(11)18-3/h6-8H,4-5H2,1-3H3,(H,14,16)(H,15,17). The SMILES string of the molecule is CCCC(=O)Nc1cc(NC(C)=O)ccc1OC. The molecule has 0 saturated carbocycles. The van der Waals surface area contributed by atoms with E-state index in [-0.39, 0.29) is 11.8 Å². The Morgan fingerprint density at radius 1 is 1.28 bits per heavy atom. The van der Waals surface area contributed by atoms with Crippen molar-refractivity contribution < 1.29 is 14.3 Å². The maximum Gasteiger partial charge on any atom is 0.224 e. The van der Waals surface area contributed by atoms with Crippen molar-refractivity contribution >= 4 is 23.2 Å². The molecular formula is C13H18N2O3. The number of nitrogens with one attached hydrogen (secondary N) is 2. The quantitative estimate of drug-likeness (QED) is 0.843. The van der Waals surface area contributed by atoms with Gasteiger partial charge in [-0.15, -0.1) is 0 Å². The third kappa shape index (κ3) is 4.08. The summed E-state index contributed by atoms with van der Waals surface area (Å²) in [6.07, 6.45) is 1.23. The van der Waals surface area contributed by atoms with Crippen LogP contribution in [-0.2, 0) is 9.59 Å². The summed E-state index contributed by atoms with van der Waals surface area (Å²) in [5, 5.41) is 5.42.